The molecule has 1 heterocycles. The van der Waals surface area contributed by atoms with Crippen molar-refractivity contribution in [2.75, 3.05) is 19.5 Å². The molecular formula is C22H30N4O2. The molecule has 6 nitrogen and oxygen atoms in total. The summed E-state index contributed by atoms with van der Waals surface area (Å²) in [6, 6.07) is 12.1. The van der Waals surface area contributed by atoms with E-state index in [2.05, 4.69) is 33.6 Å². The first-order valence-electron chi connectivity index (χ1n) is 9.97. The van der Waals surface area contributed by atoms with Crippen LogP contribution in [0.1, 0.15) is 43.2 Å². The summed E-state index contributed by atoms with van der Waals surface area (Å²) in [5.74, 6) is 0.538. The lowest BCUT2D eigenvalue weighted by Gasteiger charge is -2.31. The minimum absolute atomic E-state index is 0.219. The highest BCUT2D eigenvalue weighted by molar-refractivity contribution is 5.90. The highest BCUT2D eigenvalue weighted by Crippen LogP contribution is 2.24. The van der Waals surface area contributed by atoms with E-state index in [-0.39, 0.29) is 6.03 Å². The van der Waals surface area contributed by atoms with Crippen molar-refractivity contribution in [1.82, 2.24) is 15.2 Å². The predicted molar refractivity (Wildman–Crippen MR) is 111 cm³/mol. The number of nitrogens with zero attached hydrogens (tertiary/aromatic N) is 2. The van der Waals surface area contributed by atoms with Gasteiger partial charge < -0.3 is 15.4 Å². The van der Waals surface area contributed by atoms with Crippen LogP contribution in [0.5, 0.6) is 5.88 Å². The molecule has 0 atom stereocenters. The van der Waals surface area contributed by atoms with Crippen LogP contribution in [-0.2, 0) is 13.1 Å². The fourth-order valence-electron chi connectivity index (χ4n) is 3.72. The maximum absolute atomic E-state index is 12.4. The number of urea groups is 1. The molecular weight excluding hydrogens is 352 g/mol. The summed E-state index contributed by atoms with van der Waals surface area (Å²) < 4.78 is 5.12. The lowest BCUT2D eigenvalue weighted by Crippen LogP contribution is -2.33. The van der Waals surface area contributed by atoms with Crippen LogP contribution in [0.25, 0.3) is 0 Å². The van der Waals surface area contributed by atoms with Crippen LogP contribution in [0, 0.1) is 0 Å². The van der Waals surface area contributed by atoms with Gasteiger partial charge in [-0.05, 0) is 43.1 Å². The molecule has 3 rings (SSSR count). The molecule has 1 fully saturated rings. The lowest BCUT2D eigenvalue weighted by molar-refractivity contribution is 0.185. The molecule has 0 saturated heterocycles. The summed E-state index contributed by atoms with van der Waals surface area (Å²) in [6.07, 6.45) is 8.19. The molecule has 2 amide bonds. The van der Waals surface area contributed by atoms with Gasteiger partial charge in [-0.15, -0.1) is 0 Å². The van der Waals surface area contributed by atoms with Gasteiger partial charge in [-0.3, -0.25) is 4.90 Å². The first kappa shape index (κ1) is 20.1. The topological polar surface area (TPSA) is 66.5 Å². The predicted octanol–water partition coefficient (Wildman–Crippen LogP) is 4.18. The van der Waals surface area contributed by atoms with E-state index in [0.717, 1.165) is 23.4 Å². The lowest BCUT2D eigenvalue weighted by atomic mass is 9.94. The van der Waals surface area contributed by atoms with Crippen molar-refractivity contribution in [2.45, 2.75) is 51.2 Å². The van der Waals surface area contributed by atoms with Crippen LogP contribution in [-0.4, -0.2) is 36.1 Å². The fourth-order valence-corrected chi connectivity index (χ4v) is 3.72. The highest BCUT2D eigenvalue weighted by Gasteiger charge is 2.19. The molecule has 1 saturated carbocycles. The number of hydrogen-bond donors (Lipinski definition) is 2. The van der Waals surface area contributed by atoms with Gasteiger partial charge in [0.2, 0.25) is 5.88 Å². The van der Waals surface area contributed by atoms with E-state index in [9.17, 15) is 4.79 Å². The second-order valence-corrected chi connectivity index (χ2v) is 7.38. The van der Waals surface area contributed by atoms with Crippen LogP contribution in [0.15, 0.2) is 42.6 Å². The van der Waals surface area contributed by atoms with Crippen molar-refractivity contribution in [1.29, 1.82) is 0 Å². The Morgan fingerprint density at radius 3 is 2.79 bits per heavy atom. The third-order valence-corrected chi connectivity index (χ3v) is 5.34. The SMILES string of the molecule is COc1cc(CNC(=O)Nc2ccccc2CN(C)C2CCCCC2)ccn1. The molecule has 0 aliphatic heterocycles. The molecule has 28 heavy (non-hydrogen) atoms. The van der Waals surface area contributed by atoms with Crippen molar-refractivity contribution >= 4 is 11.7 Å². The van der Waals surface area contributed by atoms with Crippen LogP contribution in [0.4, 0.5) is 10.5 Å². The zero-order chi connectivity index (χ0) is 19.8. The van der Waals surface area contributed by atoms with Gasteiger partial charge in [0.25, 0.3) is 0 Å². The van der Waals surface area contributed by atoms with E-state index < -0.39 is 0 Å². The number of pyridine rings is 1. The molecule has 0 unspecified atom stereocenters. The average Bonchev–Trinajstić information content (AvgIpc) is 2.74. The molecule has 1 aliphatic carbocycles. The quantitative estimate of drug-likeness (QED) is 0.754. The third kappa shape index (κ3) is 5.70. The standard InChI is InChI=1S/C22H30N4O2/c1-26(19-9-4-3-5-10-19)16-18-8-6-7-11-20(18)25-22(27)24-15-17-12-13-23-21(14-17)28-2/h6-8,11-14,19H,3-5,9-10,15-16H2,1-2H3,(H2,24,25,27). The van der Waals surface area contributed by atoms with Gasteiger partial charge in [0.15, 0.2) is 0 Å². The van der Waals surface area contributed by atoms with Crippen LogP contribution >= 0.6 is 0 Å². The van der Waals surface area contributed by atoms with Gasteiger partial charge in [0, 0.05) is 37.1 Å². The number of amides is 2. The minimum atomic E-state index is -0.219. The summed E-state index contributed by atoms with van der Waals surface area (Å²) in [5, 5.41) is 5.89. The van der Waals surface area contributed by atoms with E-state index in [1.54, 1.807) is 13.3 Å². The molecule has 0 bridgehead atoms. The van der Waals surface area contributed by atoms with E-state index in [1.807, 2.05) is 30.3 Å². The van der Waals surface area contributed by atoms with Crippen LogP contribution < -0.4 is 15.4 Å². The van der Waals surface area contributed by atoms with Crippen LogP contribution in [0.3, 0.4) is 0 Å². The number of hydrogen-bond acceptors (Lipinski definition) is 4. The number of carbonyl (C=O) groups is 1. The van der Waals surface area contributed by atoms with Gasteiger partial charge in [-0.25, -0.2) is 9.78 Å². The Hall–Kier alpha value is -2.60. The maximum Gasteiger partial charge on any atom is 0.319 e. The van der Waals surface area contributed by atoms with Gasteiger partial charge in [-0.1, -0.05) is 37.5 Å². The summed E-state index contributed by atoms with van der Waals surface area (Å²) in [7, 11) is 3.76. The number of rotatable bonds is 7. The zero-order valence-corrected chi connectivity index (χ0v) is 16.8. The Balaban J connectivity index is 1.56. The maximum atomic E-state index is 12.4. The number of carbonyl (C=O) groups excluding carboxylic acids is 1. The van der Waals surface area contributed by atoms with Gasteiger partial charge in [0.05, 0.1) is 7.11 Å². The molecule has 0 radical (unpaired) electrons. The number of methoxy groups -OCH3 is 1. The number of para-hydroxylation sites is 1. The summed E-state index contributed by atoms with van der Waals surface area (Å²) >= 11 is 0. The van der Waals surface area contributed by atoms with Crippen molar-refractivity contribution in [3.05, 3.63) is 53.7 Å². The number of benzene rings is 1. The smallest absolute Gasteiger partial charge is 0.319 e. The Morgan fingerprint density at radius 2 is 2.00 bits per heavy atom. The largest absolute Gasteiger partial charge is 0.481 e. The van der Waals surface area contributed by atoms with Gasteiger partial charge in [-0.2, -0.15) is 0 Å². The third-order valence-electron chi connectivity index (χ3n) is 5.34. The monoisotopic (exact) mass is 382 g/mol. The minimum Gasteiger partial charge on any atom is -0.481 e. The highest BCUT2D eigenvalue weighted by atomic mass is 16.5. The summed E-state index contributed by atoms with van der Waals surface area (Å²) in [5.41, 5.74) is 2.93. The number of nitrogens with one attached hydrogen (secondary N) is 2. The molecule has 1 aromatic heterocycles. The van der Waals surface area contributed by atoms with E-state index in [4.69, 9.17) is 4.74 Å². The first-order chi connectivity index (χ1) is 13.7. The molecule has 6 heteroatoms. The normalized spacial score (nSPS) is 14.7. The second-order valence-electron chi connectivity index (χ2n) is 7.38. The Bertz CT molecular complexity index is 775. The molecule has 0 spiro atoms. The Labute approximate surface area is 167 Å². The van der Waals surface area contributed by atoms with Gasteiger partial charge >= 0.3 is 6.03 Å². The first-order valence-corrected chi connectivity index (χ1v) is 9.97. The van der Waals surface area contributed by atoms with Gasteiger partial charge in [0.1, 0.15) is 0 Å². The van der Waals surface area contributed by atoms with Crippen molar-refractivity contribution < 1.29 is 9.53 Å². The van der Waals surface area contributed by atoms with E-state index >= 15 is 0 Å². The second kappa shape index (κ2) is 10.1. The van der Waals surface area contributed by atoms with E-state index in [1.165, 1.54) is 32.1 Å². The number of ether oxygens (including phenoxy) is 1. The summed E-state index contributed by atoms with van der Waals surface area (Å²) in [6.45, 7) is 1.25. The molecule has 2 aromatic rings. The average molecular weight is 383 g/mol. The fraction of sp³-hybridized carbons (Fsp3) is 0.455. The molecule has 1 aliphatic rings. The van der Waals surface area contributed by atoms with Crippen LogP contribution in [0.2, 0.25) is 0 Å². The number of aromatic nitrogens is 1. The van der Waals surface area contributed by atoms with Crippen molar-refractivity contribution in [2.24, 2.45) is 0 Å². The molecule has 2 N–H and O–H groups in total. The molecule has 1 aromatic carbocycles. The molecule has 150 valence electrons. The summed E-state index contributed by atoms with van der Waals surface area (Å²) in [4.78, 5) is 18.9. The zero-order valence-electron chi connectivity index (χ0n) is 16.8. The number of anilines is 1. The van der Waals surface area contributed by atoms with E-state index in [0.29, 0.717) is 18.5 Å². The Kier molecular flexibility index (Phi) is 7.25. The Morgan fingerprint density at radius 1 is 1.21 bits per heavy atom. The van der Waals surface area contributed by atoms with Crippen molar-refractivity contribution in [3.63, 3.8) is 0 Å². The van der Waals surface area contributed by atoms with Crippen molar-refractivity contribution in [3.8, 4) is 5.88 Å².